The highest BCUT2D eigenvalue weighted by Gasteiger charge is 2.24. The number of hydrogen-bond donors (Lipinski definition) is 2. The highest BCUT2D eigenvalue weighted by molar-refractivity contribution is 6.39. The van der Waals surface area contributed by atoms with Gasteiger partial charge in [0.2, 0.25) is 0 Å². The van der Waals surface area contributed by atoms with Gasteiger partial charge in [0.25, 0.3) is 0 Å². The lowest BCUT2D eigenvalue weighted by Crippen LogP contribution is -2.45. The van der Waals surface area contributed by atoms with Crippen LogP contribution in [0.3, 0.4) is 0 Å². The minimum Gasteiger partial charge on any atom is -0.379 e. The molecule has 9 heteroatoms. The van der Waals surface area contributed by atoms with Gasteiger partial charge in [0.15, 0.2) is 5.82 Å². The monoisotopic (exact) mass is 362 g/mol. The molecule has 2 amide bonds. The molecule has 1 unspecified atom stereocenters. The average molecular weight is 362 g/mol. The predicted molar refractivity (Wildman–Crippen MR) is 89.7 cm³/mol. The molecule has 1 atom stereocenters. The summed E-state index contributed by atoms with van der Waals surface area (Å²) in [4.78, 5) is 26.1. The molecule has 0 aliphatic carbocycles. The second kappa shape index (κ2) is 8.54. The van der Waals surface area contributed by atoms with Crippen molar-refractivity contribution in [1.29, 1.82) is 0 Å². The Kier molecular flexibility index (Phi) is 5.92. The Bertz CT molecular complexity index is 730. The summed E-state index contributed by atoms with van der Waals surface area (Å²) < 4.78 is 23.2. The topological polar surface area (TPSA) is 96.7 Å². The molecule has 1 aliphatic heterocycles. The number of morpholine rings is 1. The molecule has 1 aliphatic rings. The van der Waals surface area contributed by atoms with E-state index in [9.17, 15) is 14.0 Å². The zero-order valence-corrected chi connectivity index (χ0v) is 14.0. The zero-order chi connectivity index (χ0) is 18.4. The molecule has 1 aromatic carbocycles. The lowest BCUT2D eigenvalue weighted by Gasteiger charge is -2.34. The number of anilines is 1. The van der Waals surface area contributed by atoms with Crippen molar-refractivity contribution in [3.8, 4) is 0 Å². The molecular formula is C17H19FN4O4. The standard InChI is InChI=1S/C17H19FN4O4/c18-13-3-1-12(2-4-13)14(22-6-9-25-10-7-22)11-19-16(23)17(24)20-15-5-8-26-21-15/h1-5,8,14H,6-7,9-11H2,(H,19,23)(H,20,21,24). The lowest BCUT2D eigenvalue weighted by atomic mass is 10.0. The van der Waals surface area contributed by atoms with Crippen LogP contribution in [0.4, 0.5) is 10.2 Å². The molecular weight excluding hydrogens is 343 g/mol. The number of carbonyl (C=O) groups is 2. The van der Waals surface area contributed by atoms with Gasteiger partial charge in [-0.05, 0) is 17.7 Å². The fourth-order valence-electron chi connectivity index (χ4n) is 2.75. The number of halogens is 1. The summed E-state index contributed by atoms with van der Waals surface area (Å²) in [6.07, 6.45) is 1.29. The number of benzene rings is 1. The predicted octanol–water partition coefficient (Wildman–Crippen LogP) is 0.942. The molecule has 3 rings (SSSR count). The minimum atomic E-state index is -0.835. The van der Waals surface area contributed by atoms with Crippen LogP contribution in [0.25, 0.3) is 0 Å². The van der Waals surface area contributed by atoms with E-state index in [0.717, 1.165) is 5.56 Å². The number of ether oxygens (including phenoxy) is 1. The van der Waals surface area contributed by atoms with Gasteiger partial charge in [-0.2, -0.15) is 0 Å². The minimum absolute atomic E-state index is 0.161. The first-order valence-corrected chi connectivity index (χ1v) is 8.20. The van der Waals surface area contributed by atoms with Gasteiger partial charge in [-0.15, -0.1) is 0 Å². The van der Waals surface area contributed by atoms with Crippen molar-refractivity contribution < 1.29 is 23.2 Å². The summed E-state index contributed by atoms with van der Waals surface area (Å²) in [5.41, 5.74) is 0.852. The van der Waals surface area contributed by atoms with Crippen LogP contribution in [0, 0.1) is 5.82 Å². The van der Waals surface area contributed by atoms with Gasteiger partial charge in [-0.25, -0.2) is 4.39 Å². The maximum absolute atomic E-state index is 13.2. The molecule has 1 fully saturated rings. The second-order valence-electron chi connectivity index (χ2n) is 5.76. The number of nitrogens with one attached hydrogen (secondary N) is 2. The van der Waals surface area contributed by atoms with Gasteiger partial charge in [0.1, 0.15) is 12.1 Å². The summed E-state index contributed by atoms with van der Waals surface area (Å²) in [6.45, 7) is 2.74. The largest absolute Gasteiger partial charge is 0.379 e. The van der Waals surface area contributed by atoms with Crippen molar-refractivity contribution in [3.63, 3.8) is 0 Å². The molecule has 0 saturated carbocycles. The van der Waals surface area contributed by atoms with Crippen LogP contribution >= 0.6 is 0 Å². The normalized spacial score (nSPS) is 16.0. The molecule has 2 heterocycles. The van der Waals surface area contributed by atoms with E-state index in [1.807, 2.05) is 0 Å². The van der Waals surface area contributed by atoms with Crippen molar-refractivity contribution in [2.45, 2.75) is 6.04 Å². The number of aromatic nitrogens is 1. The van der Waals surface area contributed by atoms with E-state index >= 15 is 0 Å². The molecule has 0 radical (unpaired) electrons. The van der Waals surface area contributed by atoms with Gasteiger partial charge in [-0.3, -0.25) is 19.8 Å². The fourth-order valence-corrected chi connectivity index (χ4v) is 2.75. The van der Waals surface area contributed by atoms with E-state index in [-0.39, 0.29) is 24.2 Å². The summed E-state index contributed by atoms with van der Waals surface area (Å²) in [6, 6.07) is 7.35. The third-order valence-corrected chi connectivity index (χ3v) is 4.08. The van der Waals surface area contributed by atoms with Crippen LogP contribution in [-0.4, -0.2) is 54.7 Å². The number of carbonyl (C=O) groups excluding carboxylic acids is 2. The van der Waals surface area contributed by atoms with Crippen molar-refractivity contribution in [1.82, 2.24) is 15.4 Å². The Morgan fingerprint density at radius 1 is 1.15 bits per heavy atom. The second-order valence-corrected chi connectivity index (χ2v) is 5.76. The SMILES string of the molecule is O=C(NCC(c1ccc(F)cc1)N1CCOCC1)C(=O)Nc1ccon1. The Balaban J connectivity index is 1.64. The molecule has 2 aromatic rings. The van der Waals surface area contributed by atoms with Crippen LogP contribution < -0.4 is 10.6 Å². The third kappa shape index (κ3) is 4.64. The molecule has 1 saturated heterocycles. The van der Waals surface area contributed by atoms with E-state index in [1.165, 1.54) is 24.5 Å². The van der Waals surface area contributed by atoms with Crippen LogP contribution in [0.2, 0.25) is 0 Å². The first kappa shape index (κ1) is 18.0. The summed E-state index contributed by atoms with van der Waals surface area (Å²) >= 11 is 0. The summed E-state index contributed by atoms with van der Waals surface area (Å²) in [7, 11) is 0. The van der Waals surface area contributed by atoms with Gasteiger partial charge < -0.3 is 14.6 Å². The summed E-state index contributed by atoms with van der Waals surface area (Å²) in [5.74, 6) is -1.79. The maximum atomic E-state index is 13.2. The van der Waals surface area contributed by atoms with Crippen LogP contribution in [0.1, 0.15) is 11.6 Å². The Morgan fingerprint density at radius 3 is 2.54 bits per heavy atom. The highest BCUT2D eigenvalue weighted by atomic mass is 19.1. The molecule has 8 nitrogen and oxygen atoms in total. The van der Waals surface area contributed by atoms with E-state index in [0.29, 0.717) is 26.3 Å². The third-order valence-electron chi connectivity index (χ3n) is 4.08. The average Bonchev–Trinajstić information content (AvgIpc) is 3.17. The Hall–Kier alpha value is -2.78. The number of hydrogen-bond acceptors (Lipinski definition) is 6. The summed E-state index contributed by atoms with van der Waals surface area (Å²) in [5, 5.41) is 8.47. The van der Waals surface area contributed by atoms with E-state index in [1.54, 1.807) is 12.1 Å². The van der Waals surface area contributed by atoms with Crippen LogP contribution in [0.15, 0.2) is 41.1 Å². The van der Waals surface area contributed by atoms with E-state index < -0.39 is 11.8 Å². The zero-order valence-electron chi connectivity index (χ0n) is 14.0. The smallest absolute Gasteiger partial charge is 0.314 e. The maximum Gasteiger partial charge on any atom is 0.314 e. The van der Waals surface area contributed by atoms with Crippen LogP contribution in [0.5, 0.6) is 0 Å². The van der Waals surface area contributed by atoms with Gasteiger partial charge in [0, 0.05) is 25.7 Å². The molecule has 0 bridgehead atoms. The van der Waals surface area contributed by atoms with E-state index in [2.05, 4.69) is 25.2 Å². The Morgan fingerprint density at radius 2 is 1.88 bits per heavy atom. The number of rotatable bonds is 5. The van der Waals surface area contributed by atoms with Gasteiger partial charge in [0.05, 0.1) is 19.3 Å². The Labute approximate surface area is 149 Å². The molecule has 1 aromatic heterocycles. The highest BCUT2D eigenvalue weighted by Crippen LogP contribution is 2.21. The van der Waals surface area contributed by atoms with Gasteiger partial charge in [-0.1, -0.05) is 17.3 Å². The molecule has 138 valence electrons. The van der Waals surface area contributed by atoms with Crippen LogP contribution in [-0.2, 0) is 14.3 Å². The van der Waals surface area contributed by atoms with E-state index in [4.69, 9.17) is 4.74 Å². The quantitative estimate of drug-likeness (QED) is 0.769. The van der Waals surface area contributed by atoms with Crippen molar-refractivity contribution in [3.05, 3.63) is 48.0 Å². The van der Waals surface area contributed by atoms with Gasteiger partial charge >= 0.3 is 11.8 Å². The van der Waals surface area contributed by atoms with Crippen molar-refractivity contribution in [2.75, 3.05) is 38.2 Å². The lowest BCUT2D eigenvalue weighted by molar-refractivity contribution is -0.136. The van der Waals surface area contributed by atoms with Crippen molar-refractivity contribution in [2.24, 2.45) is 0 Å². The molecule has 0 spiro atoms. The van der Waals surface area contributed by atoms with Crippen molar-refractivity contribution >= 4 is 17.6 Å². The number of amides is 2. The fraction of sp³-hybridized carbons (Fsp3) is 0.353. The number of nitrogens with zero attached hydrogens (tertiary/aromatic N) is 2. The first-order chi connectivity index (χ1) is 12.6. The molecule has 26 heavy (non-hydrogen) atoms. The first-order valence-electron chi connectivity index (χ1n) is 8.20. The molecule has 2 N–H and O–H groups in total.